The number of rotatable bonds is 28. The maximum atomic E-state index is 11.9. The number of carbonyl (C=O) groups is 1. The number of fused-ring (bicyclic) bond motifs is 1. The highest BCUT2D eigenvalue weighted by atomic mass is 35.5. The summed E-state index contributed by atoms with van der Waals surface area (Å²) in [6.45, 7) is 6.60. The van der Waals surface area contributed by atoms with E-state index >= 15 is 0 Å². The van der Waals surface area contributed by atoms with Crippen LogP contribution in [0, 0.1) is 0 Å². The molecule has 4 aromatic heterocycles. The number of pyridine rings is 3. The number of aromatic nitrogens is 6. The average molecular weight is 820 g/mol. The smallest absolute Gasteiger partial charge is 0.308 e. The Hall–Kier alpha value is -3.96. The molecule has 0 radical (unpaired) electrons. The summed E-state index contributed by atoms with van der Waals surface area (Å²) in [6, 6.07) is 14.0. The zero-order chi connectivity index (χ0) is 39.0. The fraction of sp³-hybridized carbons (Fsp3) is 0.511. The monoisotopic (exact) mass is 818 g/mol. The molecule has 0 saturated heterocycles. The van der Waals surface area contributed by atoms with Gasteiger partial charge in [-0.25, -0.2) is 4.57 Å². The van der Waals surface area contributed by atoms with Crippen molar-refractivity contribution in [3.63, 3.8) is 0 Å². The summed E-state index contributed by atoms with van der Waals surface area (Å²) >= 11 is 6.54. The van der Waals surface area contributed by atoms with E-state index in [4.69, 9.17) is 25.8 Å². The Labute approximate surface area is 350 Å². The van der Waals surface area contributed by atoms with E-state index in [2.05, 4.69) is 55.4 Å². The minimum absolute atomic E-state index is 0. The number of carbonyl (C=O) groups excluding carboxylic acids is 1. The van der Waals surface area contributed by atoms with Crippen LogP contribution in [0.2, 0.25) is 5.02 Å². The molecular weight excluding hydrogens is 759 g/mol. The van der Waals surface area contributed by atoms with E-state index in [1.165, 1.54) is 69.4 Å². The minimum atomic E-state index is -0.430. The lowest BCUT2D eigenvalue weighted by atomic mass is 10.1. The first kappa shape index (κ1) is 45.7. The van der Waals surface area contributed by atoms with Gasteiger partial charge in [-0.3, -0.25) is 19.4 Å². The first-order valence-electron chi connectivity index (χ1n) is 20.8. The molecule has 57 heavy (non-hydrogen) atoms. The van der Waals surface area contributed by atoms with Crippen molar-refractivity contribution in [3.8, 4) is 17.0 Å². The number of halogens is 2. The van der Waals surface area contributed by atoms with Gasteiger partial charge in [0.25, 0.3) is 0 Å². The predicted molar refractivity (Wildman–Crippen MR) is 222 cm³/mol. The highest BCUT2D eigenvalue weighted by Gasteiger charge is 2.19. The zero-order valence-corrected chi connectivity index (χ0v) is 35.1. The number of esters is 1. The predicted octanol–water partition coefficient (Wildman–Crippen LogP) is 6.74. The fourth-order valence-electron chi connectivity index (χ4n) is 6.91. The summed E-state index contributed by atoms with van der Waals surface area (Å²) in [5.41, 5.74) is 4.40. The molecule has 0 aliphatic heterocycles. The molecule has 1 aromatic carbocycles. The molecule has 5 aromatic rings. The van der Waals surface area contributed by atoms with Gasteiger partial charge in [0.2, 0.25) is 0 Å². The Balaban J connectivity index is 0.00000720. The van der Waals surface area contributed by atoms with Gasteiger partial charge in [0.05, 0.1) is 16.8 Å². The third-order valence-electron chi connectivity index (χ3n) is 9.89. The largest absolute Gasteiger partial charge is 1.00 e. The van der Waals surface area contributed by atoms with Gasteiger partial charge < -0.3 is 26.6 Å². The molecule has 0 aliphatic rings. The molecule has 5 rings (SSSR count). The summed E-state index contributed by atoms with van der Waals surface area (Å²) in [7, 11) is 0. The molecule has 0 saturated carbocycles. The molecule has 10 nitrogen and oxygen atoms in total. The lowest BCUT2D eigenvalue weighted by Crippen LogP contribution is -3.00. The van der Waals surface area contributed by atoms with Crippen molar-refractivity contribution in [2.75, 3.05) is 26.4 Å². The molecule has 0 fully saturated rings. The van der Waals surface area contributed by atoms with Gasteiger partial charge in [0.15, 0.2) is 18.1 Å². The van der Waals surface area contributed by atoms with Crippen LogP contribution in [0.15, 0.2) is 79.6 Å². The van der Waals surface area contributed by atoms with Gasteiger partial charge in [0, 0.05) is 81.9 Å². The second-order valence-corrected chi connectivity index (χ2v) is 15.0. The molecule has 308 valence electrons. The molecule has 0 amide bonds. The molecule has 0 bridgehead atoms. The van der Waals surface area contributed by atoms with Crippen LogP contribution in [0.1, 0.15) is 108 Å². The minimum Gasteiger partial charge on any atom is -1.00 e. The topological polar surface area (TPSA) is 105 Å². The van der Waals surface area contributed by atoms with Crippen LogP contribution in [-0.2, 0) is 40.2 Å². The van der Waals surface area contributed by atoms with Crippen molar-refractivity contribution in [3.05, 3.63) is 95.8 Å². The van der Waals surface area contributed by atoms with Crippen LogP contribution >= 0.6 is 11.6 Å². The van der Waals surface area contributed by atoms with Crippen molar-refractivity contribution in [2.45, 2.75) is 123 Å². The summed E-state index contributed by atoms with van der Waals surface area (Å²) in [4.78, 5) is 20.5. The van der Waals surface area contributed by atoms with Gasteiger partial charge in [0.1, 0.15) is 17.8 Å². The molecule has 0 N–H and O–H groups in total. The number of benzene rings is 1. The summed E-state index contributed by atoms with van der Waals surface area (Å²) in [5, 5.41) is 9.89. The third kappa shape index (κ3) is 16.8. The van der Waals surface area contributed by atoms with Crippen LogP contribution in [0.4, 0.5) is 0 Å². The van der Waals surface area contributed by atoms with Crippen molar-refractivity contribution in [1.29, 1.82) is 0 Å². The lowest BCUT2D eigenvalue weighted by molar-refractivity contribution is -0.697. The Morgan fingerprint density at radius 3 is 2.14 bits per heavy atom. The number of ether oxygens (including phenoxy) is 3. The van der Waals surface area contributed by atoms with E-state index < -0.39 is 5.97 Å². The van der Waals surface area contributed by atoms with E-state index in [0.717, 1.165) is 96.3 Å². The molecule has 0 unspecified atom stereocenters. The highest BCUT2D eigenvalue weighted by molar-refractivity contribution is 6.36. The van der Waals surface area contributed by atoms with Gasteiger partial charge in [-0.2, -0.15) is 0 Å². The normalized spacial score (nSPS) is 11.2. The fourth-order valence-corrected chi connectivity index (χ4v) is 7.17. The number of nitrogens with zero attached hydrogens (tertiary/aromatic N) is 6. The Morgan fingerprint density at radius 1 is 0.772 bits per heavy atom. The van der Waals surface area contributed by atoms with Gasteiger partial charge >= 0.3 is 5.97 Å². The second kappa shape index (κ2) is 26.9. The third-order valence-corrected chi connectivity index (χ3v) is 10.2. The molecule has 12 heteroatoms. The summed E-state index contributed by atoms with van der Waals surface area (Å²) in [6.07, 6.45) is 30.4. The van der Waals surface area contributed by atoms with E-state index in [9.17, 15) is 4.79 Å². The quantitative estimate of drug-likeness (QED) is 0.0237. The molecule has 0 aliphatic carbocycles. The first-order chi connectivity index (χ1) is 27.6. The molecule has 0 atom stereocenters. The van der Waals surface area contributed by atoms with Crippen LogP contribution < -0.4 is 21.7 Å². The number of hydrogen-bond acceptors (Lipinski definition) is 8. The first-order valence-corrected chi connectivity index (χ1v) is 21.1. The second-order valence-electron chi connectivity index (χ2n) is 14.6. The zero-order valence-electron chi connectivity index (χ0n) is 33.6. The van der Waals surface area contributed by atoms with Gasteiger partial charge in [-0.15, -0.1) is 5.10 Å². The van der Waals surface area contributed by atoms with Gasteiger partial charge in [-0.1, -0.05) is 67.8 Å². The van der Waals surface area contributed by atoms with Gasteiger partial charge in [-0.05, 0) is 87.3 Å². The van der Waals surface area contributed by atoms with E-state index in [1.54, 1.807) is 18.3 Å². The summed E-state index contributed by atoms with van der Waals surface area (Å²) < 4.78 is 21.5. The molecule has 0 spiro atoms. The van der Waals surface area contributed by atoms with Crippen molar-refractivity contribution < 1.29 is 36.0 Å². The van der Waals surface area contributed by atoms with E-state index in [-0.39, 0.29) is 12.4 Å². The average Bonchev–Trinajstić information content (AvgIpc) is 3.69. The van der Waals surface area contributed by atoms with Crippen LogP contribution in [0.25, 0.3) is 22.2 Å². The number of aryl methyl sites for hydroxylation is 4. The van der Waals surface area contributed by atoms with Crippen LogP contribution in [0.3, 0.4) is 0 Å². The lowest BCUT2D eigenvalue weighted by Gasteiger charge is -2.11. The van der Waals surface area contributed by atoms with E-state index in [0.29, 0.717) is 27.5 Å². The van der Waals surface area contributed by atoms with Crippen LogP contribution in [-0.4, -0.2) is 57.4 Å². The number of unbranched alkanes of at least 4 members (excludes halogenated alkanes) is 10. The molecular formula is C45H60Cl2N6O4. The Morgan fingerprint density at radius 2 is 1.42 bits per heavy atom. The number of hydrogen-bond donors (Lipinski definition) is 0. The maximum absolute atomic E-state index is 11.9. The van der Waals surface area contributed by atoms with Crippen molar-refractivity contribution in [2.24, 2.45) is 0 Å². The van der Waals surface area contributed by atoms with Crippen molar-refractivity contribution in [1.82, 2.24) is 25.0 Å². The van der Waals surface area contributed by atoms with Crippen LogP contribution in [0.5, 0.6) is 5.75 Å². The SMILES string of the molecule is CC(=O)Oc1c(-c2cn(CCCCCCCCOCCCc3ccc[n+](CCCCCCCCOCCCc4cccnc4)c3)nn2)cc(Cl)c2cccnc12.[Cl-]. The van der Waals surface area contributed by atoms with Crippen molar-refractivity contribution >= 4 is 28.5 Å². The standard InChI is InChI=1S/C45H60ClN6O4.ClH/c1-37(53)56-45-41(33-42(46)40-23-15-25-48-44(40)45)43-36-52(50-49-43)28-11-7-3-5-9-13-30-55-32-18-22-39-20-16-27-51(35-39)26-10-6-2-4-8-12-29-54-31-17-21-38-19-14-24-47-34-38;/h14-16,19-20,23-25,27,33-36H,2-13,17-18,21-22,26,28-32H2,1H3;1H/q+1;/p-1. The summed E-state index contributed by atoms with van der Waals surface area (Å²) in [5.74, 6) is -0.0796. The Kier molecular flexibility index (Phi) is 21.6. The maximum Gasteiger partial charge on any atom is 0.308 e. The molecule has 4 heterocycles. The highest BCUT2D eigenvalue weighted by Crippen LogP contribution is 2.39. The Bertz CT molecular complexity index is 1880. The van der Waals surface area contributed by atoms with E-state index in [1.807, 2.05) is 35.4 Å².